The number of rotatable bonds is 5. The first-order valence-electron chi connectivity index (χ1n) is 8.37. The van der Waals surface area contributed by atoms with Gasteiger partial charge in [0, 0.05) is 18.2 Å². The number of hydrogen-bond acceptors (Lipinski definition) is 3. The van der Waals surface area contributed by atoms with Crippen LogP contribution in [0.1, 0.15) is 54.9 Å². The molecule has 2 aromatic heterocycles. The Labute approximate surface area is 163 Å². The highest BCUT2D eigenvalue weighted by atomic mass is 35.5. The molecule has 0 saturated heterocycles. The van der Waals surface area contributed by atoms with E-state index in [1.807, 2.05) is 17.0 Å². The van der Waals surface area contributed by atoms with Crippen LogP contribution in [-0.2, 0) is 5.41 Å². The summed E-state index contributed by atoms with van der Waals surface area (Å²) in [6.45, 7) is 6.51. The van der Waals surface area contributed by atoms with Crippen LogP contribution in [0.4, 0.5) is 0 Å². The van der Waals surface area contributed by atoms with Crippen molar-refractivity contribution in [3.8, 4) is 0 Å². The lowest BCUT2D eigenvalue weighted by atomic mass is 9.88. The number of aromatic nitrogens is 1. The molecule has 1 saturated carbocycles. The van der Waals surface area contributed by atoms with Crippen LogP contribution in [-0.4, -0.2) is 16.8 Å². The Morgan fingerprint density at radius 3 is 2.40 bits per heavy atom. The van der Waals surface area contributed by atoms with Crippen molar-refractivity contribution in [2.45, 2.75) is 51.1 Å². The van der Waals surface area contributed by atoms with E-state index < -0.39 is 6.04 Å². The molecule has 1 aliphatic rings. The Morgan fingerprint density at radius 1 is 1.28 bits per heavy atom. The Bertz CT molecular complexity index is 789. The molecule has 1 atom stereocenters. The summed E-state index contributed by atoms with van der Waals surface area (Å²) in [4.78, 5) is 14.3. The van der Waals surface area contributed by atoms with E-state index in [0.717, 1.165) is 12.8 Å². The zero-order chi connectivity index (χ0) is 18.2. The van der Waals surface area contributed by atoms with E-state index in [4.69, 9.17) is 23.8 Å². The molecule has 3 nitrogen and oxygen atoms in total. The van der Waals surface area contributed by atoms with Gasteiger partial charge in [-0.25, -0.2) is 0 Å². The minimum absolute atomic E-state index is 0.0245. The molecule has 1 aliphatic carbocycles. The fraction of sp³-hybridized carbons (Fsp3) is 0.421. The fourth-order valence-corrected chi connectivity index (χ4v) is 3.99. The SMILES string of the molecule is CC(C)(C)c1cc[n+]([C@H](C(=O)c2ccc(Cl)s2)C(=S)NC2CC2)cc1. The highest BCUT2D eigenvalue weighted by molar-refractivity contribution is 7.80. The fourth-order valence-electron chi connectivity index (χ4n) is 2.59. The standard InChI is InChI=1S/C19H21ClN2OS2/c1-19(2,3)12-8-10-22(11-9-12)16(18(24)21-13-4-5-13)17(23)14-6-7-15(20)25-14/h6-11,13,16H,4-5H2,1-3H3/p+1/t16-/m1/s1. The minimum Gasteiger partial charge on any atom is -0.371 e. The smallest absolute Gasteiger partial charge is 0.271 e. The number of Topliss-reactive ketones (excluding diaryl/α,β-unsaturated/α-hetero) is 1. The highest BCUT2D eigenvalue weighted by Gasteiger charge is 2.36. The van der Waals surface area contributed by atoms with Gasteiger partial charge < -0.3 is 5.32 Å². The molecule has 0 unspecified atom stereocenters. The first kappa shape index (κ1) is 18.5. The Hall–Kier alpha value is -1.30. The quantitative estimate of drug-likeness (QED) is 0.461. The number of halogens is 1. The van der Waals surface area contributed by atoms with E-state index in [9.17, 15) is 4.79 Å². The van der Waals surface area contributed by atoms with Crippen LogP contribution >= 0.6 is 35.2 Å². The molecule has 2 aromatic rings. The van der Waals surface area contributed by atoms with Crippen molar-refractivity contribution in [3.05, 3.63) is 51.4 Å². The molecular weight excluding hydrogens is 372 g/mol. The molecule has 1 fully saturated rings. The second-order valence-electron chi connectivity index (χ2n) is 7.44. The molecule has 0 spiro atoms. The van der Waals surface area contributed by atoms with Gasteiger partial charge in [0.1, 0.15) is 0 Å². The second kappa shape index (κ2) is 7.14. The largest absolute Gasteiger partial charge is 0.371 e. The van der Waals surface area contributed by atoms with Crippen LogP contribution in [0.2, 0.25) is 4.34 Å². The molecule has 1 N–H and O–H groups in total. The van der Waals surface area contributed by atoms with Gasteiger partial charge in [0.2, 0.25) is 5.78 Å². The van der Waals surface area contributed by atoms with Crippen LogP contribution in [0.15, 0.2) is 36.7 Å². The molecule has 132 valence electrons. The van der Waals surface area contributed by atoms with Gasteiger partial charge in [0.25, 0.3) is 6.04 Å². The summed E-state index contributed by atoms with van der Waals surface area (Å²) in [6.07, 6.45) is 6.11. The third kappa shape index (κ3) is 4.46. The van der Waals surface area contributed by atoms with Crippen molar-refractivity contribution in [2.75, 3.05) is 0 Å². The first-order chi connectivity index (χ1) is 11.8. The zero-order valence-corrected chi connectivity index (χ0v) is 17.0. The van der Waals surface area contributed by atoms with Crippen LogP contribution in [0.25, 0.3) is 0 Å². The van der Waals surface area contributed by atoms with Crippen molar-refractivity contribution >= 4 is 45.9 Å². The van der Waals surface area contributed by atoms with E-state index in [2.05, 4.69) is 38.2 Å². The monoisotopic (exact) mass is 393 g/mol. The summed E-state index contributed by atoms with van der Waals surface area (Å²) in [7, 11) is 0. The van der Waals surface area contributed by atoms with E-state index >= 15 is 0 Å². The number of pyridine rings is 1. The molecule has 0 aliphatic heterocycles. The van der Waals surface area contributed by atoms with Gasteiger partial charge >= 0.3 is 0 Å². The predicted molar refractivity (Wildman–Crippen MR) is 107 cm³/mol. The third-order valence-corrected chi connectivity index (χ3v) is 5.84. The Morgan fingerprint density at radius 2 is 1.92 bits per heavy atom. The summed E-state index contributed by atoms with van der Waals surface area (Å²) in [6, 6.07) is 7.50. The average Bonchev–Trinajstić information content (AvgIpc) is 3.24. The number of thiocarbonyl (C=S) groups is 1. The van der Waals surface area contributed by atoms with Crippen molar-refractivity contribution in [2.24, 2.45) is 0 Å². The van der Waals surface area contributed by atoms with Gasteiger partial charge in [-0.05, 0) is 36.0 Å². The summed E-state index contributed by atoms with van der Waals surface area (Å²) in [5.74, 6) is -0.0245. The topological polar surface area (TPSA) is 33.0 Å². The van der Waals surface area contributed by atoms with Crippen molar-refractivity contribution in [1.29, 1.82) is 0 Å². The predicted octanol–water partition coefficient (Wildman–Crippen LogP) is 4.49. The van der Waals surface area contributed by atoms with Crippen LogP contribution in [0, 0.1) is 0 Å². The van der Waals surface area contributed by atoms with Crippen molar-refractivity contribution in [1.82, 2.24) is 5.32 Å². The number of carbonyl (C=O) groups is 1. The maximum atomic E-state index is 13.1. The molecule has 6 heteroatoms. The molecule has 0 aromatic carbocycles. The number of hydrogen-bond donors (Lipinski definition) is 1. The molecular formula is C19H22ClN2OS2+. The summed E-state index contributed by atoms with van der Waals surface area (Å²) in [5.41, 5.74) is 1.28. The Balaban J connectivity index is 1.92. The van der Waals surface area contributed by atoms with E-state index in [1.165, 1.54) is 16.9 Å². The number of thiophene rings is 1. The van der Waals surface area contributed by atoms with Gasteiger partial charge in [-0.1, -0.05) is 44.6 Å². The molecule has 0 amide bonds. The summed E-state index contributed by atoms with van der Waals surface area (Å²) in [5, 5.41) is 3.32. The van der Waals surface area contributed by atoms with Gasteiger partial charge in [0.15, 0.2) is 17.4 Å². The van der Waals surface area contributed by atoms with E-state index in [-0.39, 0.29) is 11.2 Å². The van der Waals surface area contributed by atoms with Gasteiger partial charge in [-0.2, -0.15) is 4.57 Å². The van der Waals surface area contributed by atoms with Gasteiger partial charge in [-0.15, -0.1) is 11.3 Å². The lowest BCUT2D eigenvalue weighted by Crippen LogP contribution is -2.51. The minimum atomic E-state index is -0.542. The number of carbonyl (C=O) groups excluding carboxylic acids is 1. The summed E-state index contributed by atoms with van der Waals surface area (Å²) < 4.78 is 2.50. The highest BCUT2D eigenvalue weighted by Crippen LogP contribution is 2.26. The Kier molecular flexibility index (Phi) is 5.28. The molecule has 0 radical (unpaired) electrons. The average molecular weight is 394 g/mol. The van der Waals surface area contributed by atoms with E-state index in [1.54, 1.807) is 12.1 Å². The van der Waals surface area contributed by atoms with Crippen molar-refractivity contribution in [3.63, 3.8) is 0 Å². The number of nitrogens with zero attached hydrogens (tertiary/aromatic N) is 1. The molecule has 2 heterocycles. The maximum absolute atomic E-state index is 13.1. The molecule has 25 heavy (non-hydrogen) atoms. The van der Waals surface area contributed by atoms with Crippen LogP contribution < -0.4 is 9.88 Å². The van der Waals surface area contributed by atoms with Crippen molar-refractivity contribution < 1.29 is 9.36 Å². The van der Waals surface area contributed by atoms with E-state index in [0.29, 0.717) is 20.2 Å². The van der Waals surface area contributed by atoms with Crippen LogP contribution in [0.5, 0.6) is 0 Å². The number of ketones is 1. The first-order valence-corrected chi connectivity index (χ1v) is 9.97. The lowest BCUT2D eigenvalue weighted by molar-refractivity contribution is -0.692. The second-order valence-corrected chi connectivity index (χ2v) is 9.59. The molecule has 3 rings (SSSR count). The lowest BCUT2D eigenvalue weighted by Gasteiger charge is -2.19. The normalized spacial score (nSPS) is 15.7. The van der Waals surface area contributed by atoms with Gasteiger partial charge in [0.05, 0.1) is 9.21 Å². The summed E-state index contributed by atoms with van der Waals surface area (Å²) >= 11 is 12.9. The maximum Gasteiger partial charge on any atom is 0.271 e. The van der Waals surface area contributed by atoms with Gasteiger partial charge in [-0.3, -0.25) is 4.79 Å². The third-order valence-electron chi connectivity index (χ3n) is 4.25. The zero-order valence-electron chi connectivity index (χ0n) is 14.6. The molecule has 0 bridgehead atoms. The van der Waals surface area contributed by atoms with Crippen LogP contribution in [0.3, 0.4) is 0 Å². The number of nitrogens with one attached hydrogen (secondary N) is 1.